The van der Waals surface area contributed by atoms with Gasteiger partial charge in [-0.15, -0.1) is 0 Å². The number of hydrogen-bond donors (Lipinski definition) is 1. The average molecular weight is 557 g/mol. The Labute approximate surface area is 245 Å². The fraction of sp³-hybridized carbons (Fsp3) is 0.441. The van der Waals surface area contributed by atoms with E-state index in [2.05, 4.69) is 95.7 Å². The van der Waals surface area contributed by atoms with Crippen LogP contribution in [-0.4, -0.2) is 74.7 Å². The third-order valence-corrected chi connectivity index (χ3v) is 8.37. The summed E-state index contributed by atoms with van der Waals surface area (Å²) in [5.74, 6) is 2.08. The average Bonchev–Trinajstić information content (AvgIpc) is 3.01. The number of rotatable bonds is 10. The summed E-state index contributed by atoms with van der Waals surface area (Å²) in [6, 6.07) is 23.5. The lowest BCUT2D eigenvalue weighted by Crippen LogP contribution is -2.48. The molecule has 41 heavy (non-hydrogen) atoms. The number of likely N-dealkylation sites (tertiary alicyclic amines) is 1. The van der Waals surface area contributed by atoms with Gasteiger partial charge in [-0.1, -0.05) is 35.9 Å². The highest BCUT2D eigenvalue weighted by atomic mass is 16.5. The smallest absolute Gasteiger partial charge is 0.223 e. The van der Waals surface area contributed by atoms with Crippen LogP contribution in [-0.2, 0) is 11.4 Å². The number of hydrogen-bond acceptors (Lipinski definition) is 6. The molecule has 218 valence electrons. The zero-order chi connectivity index (χ0) is 28.6. The molecular formula is C34H44N4O3. The molecule has 0 saturated carbocycles. The first-order valence-electron chi connectivity index (χ1n) is 14.9. The summed E-state index contributed by atoms with van der Waals surface area (Å²) < 4.78 is 11.4. The van der Waals surface area contributed by atoms with Crippen molar-refractivity contribution in [3.63, 3.8) is 0 Å². The number of nitrogens with one attached hydrogen (secondary N) is 1. The van der Waals surface area contributed by atoms with Crippen LogP contribution >= 0.6 is 0 Å². The molecule has 2 aliphatic rings. The van der Waals surface area contributed by atoms with E-state index >= 15 is 0 Å². The number of aryl methyl sites for hydroxylation is 2. The molecule has 0 spiro atoms. The molecule has 2 heterocycles. The molecule has 2 aliphatic heterocycles. The lowest BCUT2D eigenvalue weighted by atomic mass is 10.0. The third kappa shape index (κ3) is 7.94. The van der Waals surface area contributed by atoms with Gasteiger partial charge in [0.25, 0.3) is 0 Å². The highest BCUT2D eigenvalue weighted by Crippen LogP contribution is 2.25. The summed E-state index contributed by atoms with van der Waals surface area (Å²) in [6.45, 7) is 11.1. The molecule has 0 radical (unpaired) electrons. The summed E-state index contributed by atoms with van der Waals surface area (Å²) in [7, 11) is 1.71. The van der Waals surface area contributed by atoms with Gasteiger partial charge < -0.3 is 24.6 Å². The number of nitrogens with zero attached hydrogens (tertiary/aromatic N) is 3. The van der Waals surface area contributed by atoms with Crippen molar-refractivity contribution in [1.82, 2.24) is 9.80 Å². The quantitative estimate of drug-likeness (QED) is 0.356. The van der Waals surface area contributed by atoms with Crippen LogP contribution in [0.5, 0.6) is 11.5 Å². The van der Waals surface area contributed by atoms with Gasteiger partial charge in [-0.3, -0.25) is 9.69 Å². The van der Waals surface area contributed by atoms with Crippen LogP contribution in [0.25, 0.3) is 0 Å². The van der Waals surface area contributed by atoms with Crippen molar-refractivity contribution in [3.8, 4) is 11.5 Å². The predicted octanol–water partition coefficient (Wildman–Crippen LogP) is 5.51. The van der Waals surface area contributed by atoms with Crippen LogP contribution < -0.4 is 19.7 Å². The molecule has 7 nitrogen and oxygen atoms in total. The van der Waals surface area contributed by atoms with Gasteiger partial charge in [-0.05, 0) is 68.1 Å². The Kier molecular flexibility index (Phi) is 9.67. The van der Waals surface area contributed by atoms with Crippen molar-refractivity contribution >= 4 is 17.3 Å². The number of carbonyl (C=O) groups excluding carboxylic acids is 1. The minimum Gasteiger partial charge on any atom is -0.496 e. The van der Waals surface area contributed by atoms with Gasteiger partial charge in [0.05, 0.1) is 7.11 Å². The molecular weight excluding hydrogens is 512 g/mol. The first-order chi connectivity index (χ1) is 20.0. The zero-order valence-electron chi connectivity index (χ0n) is 24.8. The molecule has 5 rings (SSSR count). The minimum absolute atomic E-state index is 0.282. The lowest BCUT2D eigenvalue weighted by Gasteiger charge is -2.37. The topological polar surface area (TPSA) is 57.3 Å². The first-order valence-corrected chi connectivity index (χ1v) is 14.9. The molecule has 0 bridgehead atoms. The van der Waals surface area contributed by atoms with Gasteiger partial charge in [0.15, 0.2) is 0 Å². The largest absolute Gasteiger partial charge is 0.496 e. The van der Waals surface area contributed by atoms with Gasteiger partial charge in [-0.25, -0.2) is 0 Å². The molecule has 1 amide bonds. The van der Waals surface area contributed by atoms with Gasteiger partial charge in [0.2, 0.25) is 5.91 Å². The number of benzene rings is 3. The normalized spacial score (nSPS) is 16.5. The van der Waals surface area contributed by atoms with Crippen molar-refractivity contribution in [1.29, 1.82) is 0 Å². The summed E-state index contributed by atoms with van der Waals surface area (Å²) in [5, 5.41) is 3.62. The Bertz CT molecular complexity index is 1260. The second-order valence-corrected chi connectivity index (χ2v) is 11.3. The summed E-state index contributed by atoms with van der Waals surface area (Å²) in [6.07, 6.45) is 2.53. The Morgan fingerprint density at radius 2 is 1.59 bits per heavy atom. The standard InChI is InChI=1S/C34H44N4O3/c1-26-4-7-28(8-5-26)25-41-32-12-10-31(11-13-32)37-22-20-36(21-23-37)17-16-34(39)38-18-14-29(15-19-38)35-30-9-6-27(2)33(24-30)40-3/h4-13,24,29,35H,14-23,25H2,1-3H3. The van der Waals surface area contributed by atoms with Gasteiger partial charge in [-0.2, -0.15) is 0 Å². The molecule has 0 aromatic heterocycles. The van der Waals surface area contributed by atoms with E-state index in [9.17, 15) is 4.79 Å². The van der Waals surface area contributed by atoms with Gasteiger partial charge >= 0.3 is 0 Å². The Morgan fingerprint density at radius 1 is 0.878 bits per heavy atom. The maximum absolute atomic E-state index is 12.9. The van der Waals surface area contributed by atoms with Crippen LogP contribution in [0.1, 0.15) is 36.0 Å². The number of piperazine rings is 1. The number of amides is 1. The summed E-state index contributed by atoms with van der Waals surface area (Å²) >= 11 is 0. The molecule has 7 heteroatoms. The lowest BCUT2D eigenvalue weighted by molar-refractivity contribution is -0.132. The molecule has 3 aromatic rings. The van der Waals surface area contributed by atoms with E-state index in [1.807, 2.05) is 4.90 Å². The van der Waals surface area contributed by atoms with Crippen molar-refractivity contribution in [2.75, 3.05) is 63.1 Å². The Balaban J connectivity index is 0.988. The maximum Gasteiger partial charge on any atom is 0.223 e. The first kappa shape index (κ1) is 28.8. The van der Waals surface area contributed by atoms with E-state index < -0.39 is 0 Å². The highest BCUT2D eigenvalue weighted by Gasteiger charge is 2.24. The number of ether oxygens (including phenoxy) is 2. The SMILES string of the molecule is COc1cc(NC2CCN(C(=O)CCN3CCN(c4ccc(OCc5ccc(C)cc5)cc4)CC3)CC2)ccc1C. The van der Waals surface area contributed by atoms with Crippen LogP contribution in [0.15, 0.2) is 66.7 Å². The third-order valence-electron chi connectivity index (χ3n) is 8.37. The van der Waals surface area contributed by atoms with E-state index in [1.54, 1.807) is 7.11 Å². The van der Waals surface area contributed by atoms with Crippen LogP contribution in [0.3, 0.4) is 0 Å². The van der Waals surface area contributed by atoms with Crippen molar-refractivity contribution in [2.24, 2.45) is 0 Å². The molecule has 0 aliphatic carbocycles. The minimum atomic E-state index is 0.282. The molecule has 2 saturated heterocycles. The van der Waals surface area contributed by atoms with Crippen LogP contribution in [0, 0.1) is 13.8 Å². The van der Waals surface area contributed by atoms with Crippen molar-refractivity contribution in [2.45, 2.75) is 45.8 Å². The van der Waals surface area contributed by atoms with Gasteiger partial charge in [0.1, 0.15) is 18.1 Å². The Hall–Kier alpha value is -3.71. The van der Waals surface area contributed by atoms with Crippen LogP contribution in [0.2, 0.25) is 0 Å². The molecule has 0 atom stereocenters. The monoisotopic (exact) mass is 556 g/mol. The molecule has 3 aromatic carbocycles. The molecule has 1 N–H and O–H groups in total. The van der Waals surface area contributed by atoms with Crippen LogP contribution in [0.4, 0.5) is 11.4 Å². The summed E-state index contributed by atoms with van der Waals surface area (Å²) in [4.78, 5) is 19.8. The molecule has 2 fully saturated rings. The van der Waals surface area contributed by atoms with E-state index in [-0.39, 0.29) is 5.91 Å². The van der Waals surface area contributed by atoms with Crippen molar-refractivity contribution < 1.29 is 14.3 Å². The fourth-order valence-electron chi connectivity index (χ4n) is 5.66. The van der Waals surface area contributed by atoms with E-state index in [1.165, 1.54) is 16.8 Å². The van der Waals surface area contributed by atoms with E-state index in [4.69, 9.17) is 9.47 Å². The number of carbonyl (C=O) groups is 1. The van der Waals surface area contributed by atoms with Crippen molar-refractivity contribution in [3.05, 3.63) is 83.4 Å². The number of anilines is 2. The molecule has 0 unspecified atom stereocenters. The summed E-state index contributed by atoms with van der Waals surface area (Å²) in [5.41, 5.74) is 5.88. The highest BCUT2D eigenvalue weighted by molar-refractivity contribution is 5.76. The maximum atomic E-state index is 12.9. The Morgan fingerprint density at radius 3 is 2.27 bits per heavy atom. The second-order valence-electron chi connectivity index (χ2n) is 11.3. The van der Waals surface area contributed by atoms with E-state index in [0.29, 0.717) is 19.1 Å². The van der Waals surface area contributed by atoms with Gasteiger partial charge in [0, 0.05) is 75.7 Å². The number of methoxy groups -OCH3 is 1. The predicted molar refractivity (Wildman–Crippen MR) is 166 cm³/mol. The number of piperidine rings is 1. The van der Waals surface area contributed by atoms with E-state index in [0.717, 1.165) is 81.4 Å². The second kappa shape index (κ2) is 13.8. The fourth-order valence-corrected chi connectivity index (χ4v) is 5.66. The zero-order valence-corrected chi connectivity index (χ0v) is 24.8.